The Hall–Kier alpha value is -2.04. The molecule has 0 aliphatic heterocycles. The number of benzene rings is 1. The van der Waals surface area contributed by atoms with Gasteiger partial charge in [-0.2, -0.15) is 0 Å². The van der Waals surface area contributed by atoms with Crippen LogP contribution < -0.4 is 5.73 Å². The minimum Gasteiger partial charge on any atom is -0.409 e. The molecule has 1 aliphatic carbocycles. The summed E-state index contributed by atoms with van der Waals surface area (Å²) in [4.78, 5) is 14.5. The van der Waals surface area contributed by atoms with Crippen molar-refractivity contribution in [2.24, 2.45) is 10.9 Å². The van der Waals surface area contributed by atoms with Gasteiger partial charge in [0.15, 0.2) is 5.84 Å². The van der Waals surface area contributed by atoms with Gasteiger partial charge in [0.1, 0.15) is 0 Å². The van der Waals surface area contributed by atoms with Crippen LogP contribution in [0.5, 0.6) is 0 Å². The van der Waals surface area contributed by atoms with Crippen LogP contribution in [-0.4, -0.2) is 34.4 Å². The SMILES string of the molecule is CCCCN(C(=O)c1cccc(C(N)=NO)c1)C1CC1. The Balaban J connectivity index is 2.18. The zero-order valence-electron chi connectivity index (χ0n) is 11.7. The van der Waals surface area contributed by atoms with Crippen LogP contribution in [0.4, 0.5) is 0 Å². The Morgan fingerprint density at radius 2 is 2.15 bits per heavy atom. The highest BCUT2D eigenvalue weighted by Gasteiger charge is 2.32. The van der Waals surface area contributed by atoms with Gasteiger partial charge in [-0.05, 0) is 31.4 Å². The van der Waals surface area contributed by atoms with Crippen molar-refractivity contribution in [3.8, 4) is 0 Å². The number of hydrogen-bond acceptors (Lipinski definition) is 3. The molecule has 3 N–H and O–H groups in total. The molecule has 1 fully saturated rings. The first-order chi connectivity index (χ1) is 9.67. The van der Waals surface area contributed by atoms with Gasteiger partial charge in [-0.3, -0.25) is 4.79 Å². The molecule has 0 bridgehead atoms. The third-order valence-corrected chi connectivity index (χ3v) is 3.51. The van der Waals surface area contributed by atoms with Crippen LogP contribution >= 0.6 is 0 Å². The quantitative estimate of drug-likeness (QED) is 0.361. The summed E-state index contributed by atoms with van der Waals surface area (Å²) in [7, 11) is 0. The maximum absolute atomic E-state index is 12.6. The van der Waals surface area contributed by atoms with Crippen LogP contribution in [0.2, 0.25) is 0 Å². The Labute approximate surface area is 119 Å². The van der Waals surface area contributed by atoms with E-state index in [1.54, 1.807) is 24.3 Å². The van der Waals surface area contributed by atoms with Gasteiger partial charge >= 0.3 is 0 Å². The first-order valence-electron chi connectivity index (χ1n) is 7.06. The van der Waals surface area contributed by atoms with Gasteiger partial charge < -0.3 is 15.8 Å². The summed E-state index contributed by atoms with van der Waals surface area (Å²) in [5.74, 6) is 0.0553. The Kier molecular flexibility index (Phi) is 4.61. The molecule has 20 heavy (non-hydrogen) atoms. The number of hydrogen-bond donors (Lipinski definition) is 2. The fourth-order valence-corrected chi connectivity index (χ4v) is 2.20. The normalized spacial score (nSPS) is 15.2. The van der Waals surface area contributed by atoms with Crippen molar-refractivity contribution in [2.75, 3.05) is 6.54 Å². The molecule has 1 aliphatic rings. The summed E-state index contributed by atoms with van der Waals surface area (Å²) < 4.78 is 0. The van der Waals surface area contributed by atoms with Crippen molar-refractivity contribution in [1.29, 1.82) is 0 Å². The molecule has 0 saturated heterocycles. The lowest BCUT2D eigenvalue weighted by Crippen LogP contribution is -2.34. The average molecular weight is 275 g/mol. The highest BCUT2D eigenvalue weighted by Crippen LogP contribution is 2.28. The van der Waals surface area contributed by atoms with Crippen molar-refractivity contribution in [2.45, 2.75) is 38.6 Å². The molecule has 5 nitrogen and oxygen atoms in total. The molecule has 1 aromatic carbocycles. The molecule has 108 valence electrons. The molecular formula is C15H21N3O2. The van der Waals surface area contributed by atoms with Gasteiger partial charge in [0.05, 0.1) is 0 Å². The summed E-state index contributed by atoms with van der Waals surface area (Å²) in [6.45, 7) is 2.92. The second-order valence-electron chi connectivity index (χ2n) is 5.15. The number of unbranched alkanes of at least 4 members (excludes halogenated alkanes) is 1. The third kappa shape index (κ3) is 3.29. The van der Waals surface area contributed by atoms with Gasteiger partial charge in [-0.15, -0.1) is 0 Å². The zero-order valence-corrected chi connectivity index (χ0v) is 11.7. The van der Waals surface area contributed by atoms with Crippen LogP contribution in [0.15, 0.2) is 29.4 Å². The largest absolute Gasteiger partial charge is 0.409 e. The van der Waals surface area contributed by atoms with Crippen LogP contribution in [-0.2, 0) is 0 Å². The molecule has 2 rings (SSSR count). The summed E-state index contributed by atoms with van der Waals surface area (Å²) in [6, 6.07) is 7.32. The highest BCUT2D eigenvalue weighted by molar-refractivity contribution is 6.01. The molecule has 1 aromatic rings. The lowest BCUT2D eigenvalue weighted by Gasteiger charge is -2.22. The summed E-state index contributed by atoms with van der Waals surface area (Å²) in [6.07, 6.45) is 4.27. The van der Waals surface area contributed by atoms with Gasteiger partial charge in [-0.25, -0.2) is 0 Å². The maximum atomic E-state index is 12.6. The number of carbonyl (C=O) groups excluding carboxylic acids is 1. The molecule has 0 unspecified atom stereocenters. The fraction of sp³-hybridized carbons (Fsp3) is 0.467. The van der Waals surface area contributed by atoms with Crippen LogP contribution in [0.3, 0.4) is 0 Å². The molecule has 0 heterocycles. The second kappa shape index (κ2) is 6.41. The molecule has 5 heteroatoms. The smallest absolute Gasteiger partial charge is 0.254 e. The number of nitrogens with zero attached hydrogens (tertiary/aromatic N) is 2. The first kappa shape index (κ1) is 14.4. The predicted molar refractivity (Wildman–Crippen MR) is 77.9 cm³/mol. The minimum absolute atomic E-state index is 0.0196. The van der Waals surface area contributed by atoms with E-state index in [1.165, 1.54) is 0 Å². The third-order valence-electron chi connectivity index (χ3n) is 3.51. The standard InChI is InChI=1S/C15H21N3O2/c1-2-3-9-18(13-7-8-13)15(19)12-6-4-5-11(10-12)14(16)17-20/h4-6,10,13,20H,2-3,7-9H2,1H3,(H2,16,17). The Morgan fingerprint density at radius 3 is 2.75 bits per heavy atom. The molecule has 1 amide bonds. The Morgan fingerprint density at radius 1 is 1.45 bits per heavy atom. The number of oxime groups is 1. The van der Waals surface area contributed by atoms with Crippen molar-refractivity contribution in [1.82, 2.24) is 4.90 Å². The van der Waals surface area contributed by atoms with E-state index in [9.17, 15) is 4.79 Å². The lowest BCUT2D eigenvalue weighted by molar-refractivity contribution is 0.0740. The fourth-order valence-electron chi connectivity index (χ4n) is 2.20. The van der Waals surface area contributed by atoms with Crippen molar-refractivity contribution < 1.29 is 10.0 Å². The average Bonchev–Trinajstić information content (AvgIpc) is 3.31. The topological polar surface area (TPSA) is 78.9 Å². The monoisotopic (exact) mass is 275 g/mol. The van der Waals surface area contributed by atoms with E-state index in [0.717, 1.165) is 32.2 Å². The predicted octanol–water partition coefficient (Wildman–Crippen LogP) is 2.19. The second-order valence-corrected chi connectivity index (χ2v) is 5.15. The van der Waals surface area contributed by atoms with E-state index >= 15 is 0 Å². The first-order valence-corrected chi connectivity index (χ1v) is 7.06. The summed E-state index contributed by atoms with van der Waals surface area (Å²) >= 11 is 0. The number of nitrogens with two attached hydrogens (primary N) is 1. The van der Waals surface area contributed by atoms with E-state index in [4.69, 9.17) is 10.9 Å². The molecule has 0 spiro atoms. The molecule has 1 saturated carbocycles. The van der Waals surface area contributed by atoms with Gasteiger partial charge in [0.25, 0.3) is 5.91 Å². The molecular weight excluding hydrogens is 254 g/mol. The number of amides is 1. The summed E-state index contributed by atoms with van der Waals surface area (Å²) in [5, 5.41) is 11.7. The highest BCUT2D eigenvalue weighted by atomic mass is 16.4. The van der Waals surface area contributed by atoms with E-state index < -0.39 is 0 Å². The van der Waals surface area contributed by atoms with Crippen molar-refractivity contribution >= 4 is 11.7 Å². The van der Waals surface area contributed by atoms with E-state index in [1.807, 2.05) is 4.90 Å². The molecule has 0 atom stereocenters. The number of rotatable bonds is 6. The van der Waals surface area contributed by atoms with Gasteiger partial charge in [0.2, 0.25) is 0 Å². The Bertz CT molecular complexity index is 510. The van der Waals surface area contributed by atoms with E-state index in [-0.39, 0.29) is 11.7 Å². The summed E-state index contributed by atoms with van der Waals surface area (Å²) in [5.41, 5.74) is 6.72. The number of amidine groups is 1. The number of carbonyl (C=O) groups is 1. The van der Waals surface area contributed by atoms with E-state index in [2.05, 4.69) is 12.1 Å². The van der Waals surface area contributed by atoms with E-state index in [0.29, 0.717) is 17.2 Å². The van der Waals surface area contributed by atoms with Crippen molar-refractivity contribution in [3.05, 3.63) is 35.4 Å². The van der Waals surface area contributed by atoms with Gasteiger partial charge in [-0.1, -0.05) is 30.6 Å². The zero-order chi connectivity index (χ0) is 14.5. The van der Waals surface area contributed by atoms with Crippen LogP contribution in [0, 0.1) is 0 Å². The van der Waals surface area contributed by atoms with Crippen LogP contribution in [0.1, 0.15) is 48.5 Å². The maximum Gasteiger partial charge on any atom is 0.254 e. The van der Waals surface area contributed by atoms with Crippen molar-refractivity contribution in [3.63, 3.8) is 0 Å². The molecule has 0 radical (unpaired) electrons. The van der Waals surface area contributed by atoms with Gasteiger partial charge in [0, 0.05) is 23.7 Å². The lowest BCUT2D eigenvalue weighted by atomic mass is 10.1. The molecule has 0 aromatic heterocycles. The minimum atomic E-state index is 0.0196. The van der Waals surface area contributed by atoms with Crippen LogP contribution in [0.25, 0.3) is 0 Å².